The minimum absolute atomic E-state index is 0.160. The fourth-order valence-electron chi connectivity index (χ4n) is 1.58. The highest BCUT2D eigenvalue weighted by molar-refractivity contribution is 9.10. The Hall–Kier alpha value is -1.76. The van der Waals surface area contributed by atoms with E-state index >= 15 is 0 Å². The maximum Gasteiger partial charge on any atom is 0.276 e. The maximum atomic E-state index is 11.9. The maximum absolute atomic E-state index is 11.9. The largest absolute Gasteiger partial charge is 0.484 e. The van der Waals surface area contributed by atoms with Crippen molar-refractivity contribution in [1.82, 2.24) is 10.9 Å². The van der Waals surface area contributed by atoms with Crippen LogP contribution >= 0.6 is 39.1 Å². The van der Waals surface area contributed by atoms with Gasteiger partial charge in [0.05, 0.1) is 10.6 Å². The molecular formula is C15H11BrCl2N2O3. The highest BCUT2D eigenvalue weighted by Gasteiger charge is 2.12. The lowest BCUT2D eigenvalue weighted by atomic mass is 10.2. The van der Waals surface area contributed by atoms with Crippen LogP contribution in [0.15, 0.2) is 46.9 Å². The van der Waals surface area contributed by atoms with Gasteiger partial charge in [-0.1, -0.05) is 39.1 Å². The predicted molar refractivity (Wildman–Crippen MR) is 91.7 cm³/mol. The summed E-state index contributed by atoms with van der Waals surface area (Å²) in [4.78, 5) is 23.6. The molecule has 0 saturated carbocycles. The van der Waals surface area contributed by atoms with E-state index in [1.807, 2.05) is 0 Å². The number of nitrogens with one attached hydrogen (secondary N) is 2. The van der Waals surface area contributed by atoms with E-state index in [9.17, 15) is 9.59 Å². The van der Waals surface area contributed by atoms with Gasteiger partial charge in [0, 0.05) is 9.50 Å². The van der Waals surface area contributed by atoms with E-state index in [1.165, 1.54) is 12.1 Å². The first-order valence-corrected chi connectivity index (χ1v) is 7.93. The second-order valence-electron chi connectivity index (χ2n) is 4.37. The molecule has 0 aliphatic carbocycles. The van der Waals surface area contributed by atoms with Gasteiger partial charge in [0.2, 0.25) is 0 Å². The van der Waals surface area contributed by atoms with E-state index in [-0.39, 0.29) is 17.2 Å². The summed E-state index contributed by atoms with van der Waals surface area (Å²) in [6, 6.07) is 11.5. The van der Waals surface area contributed by atoms with Crippen LogP contribution in [0.5, 0.6) is 5.75 Å². The molecule has 2 amide bonds. The van der Waals surface area contributed by atoms with Crippen LogP contribution in [0.4, 0.5) is 0 Å². The minimum Gasteiger partial charge on any atom is -0.484 e. The first-order valence-electron chi connectivity index (χ1n) is 6.38. The number of hydrazine groups is 1. The summed E-state index contributed by atoms with van der Waals surface area (Å²) in [5.74, 6) is -0.554. The Labute approximate surface area is 151 Å². The number of benzene rings is 2. The van der Waals surface area contributed by atoms with Crippen molar-refractivity contribution in [3.63, 3.8) is 0 Å². The fraction of sp³-hybridized carbons (Fsp3) is 0.0667. The summed E-state index contributed by atoms with van der Waals surface area (Å²) in [5.41, 5.74) is 4.64. The summed E-state index contributed by atoms with van der Waals surface area (Å²) in [5, 5.41) is 0.594. The highest BCUT2D eigenvalue weighted by atomic mass is 79.9. The van der Waals surface area contributed by atoms with Crippen molar-refractivity contribution >= 4 is 50.9 Å². The van der Waals surface area contributed by atoms with Crippen LogP contribution in [0.25, 0.3) is 0 Å². The van der Waals surface area contributed by atoms with E-state index < -0.39 is 11.8 Å². The molecule has 0 atom stereocenters. The number of hydrogen-bond donors (Lipinski definition) is 2. The Bertz CT molecular complexity index is 723. The van der Waals surface area contributed by atoms with Gasteiger partial charge in [-0.15, -0.1) is 0 Å². The number of ether oxygens (including phenoxy) is 1. The van der Waals surface area contributed by atoms with Crippen molar-refractivity contribution in [3.05, 3.63) is 62.5 Å². The third-order valence-electron chi connectivity index (χ3n) is 2.67. The van der Waals surface area contributed by atoms with Gasteiger partial charge in [0.1, 0.15) is 5.75 Å². The molecule has 0 bridgehead atoms. The molecule has 0 spiro atoms. The Morgan fingerprint density at radius 1 is 1.04 bits per heavy atom. The molecule has 23 heavy (non-hydrogen) atoms. The van der Waals surface area contributed by atoms with Crippen molar-refractivity contribution in [2.45, 2.75) is 0 Å². The smallest absolute Gasteiger partial charge is 0.276 e. The Morgan fingerprint density at radius 2 is 1.74 bits per heavy atom. The summed E-state index contributed by atoms with van der Waals surface area (Å²) in [7, 11) is 0. The van der Waals surface area contributed by atoms with E-state index in [0.717, 1.165) is 4.47 Å². The number of carbonyl (C=O) groups is 2. The molecule has 0 aliphatic heterocycles. The summed E-state index contributed by atoms with van der Waals surface area (Å²) in [6.45, 7) is -0.245. The summed E-state index contributed by atoms with van der Waals surface area (Å²) < 4.78 is 6.18. The number of hydrogen-bond acceptors (Lipinski definition) is 3. The van der Waals surface area contributed by atoms with Gasteiger partial charge in [-0.3, -0.25) is 20.4 Å². The second kappa shape index (κ2) is 8.19. The van der Waals surface area contributed by atoms with E-state index in [4.69, 9.17) is 27.9 Å². The van der Waals surface area contributed by atoms with Crippen molar-refractivity contribution in [1.29, 1.82) is 0 Å². The van der Waals surface area contributed by atoms with Crippen molar-refractivity contribution in [3.8, 4) is 5.75 Å². The lowest BCUT2D eigenvalue weighted by molar-refractivity contribution is -0.123. The zero-order chi connectivity index (χ0) is 16.8. The average Bonchev–Trinajstić information content (AvgIpc) is 2.54. The van der Waals surface area contributed by atoms with Gasteiger partial charge < -0.3 is 4.74 Å². The lowest BCUT2D eigenvalue weighted by Crippen LogP contribution is -2.43. The zero-order valence-electron chi connectivity index (χ0n) is 11.6. The average molecular weight is 418 g/mol. The number of halogens is 3. The molecule has 5 nitrogen and oxygen atoms in total. The molecule has 0 fully saturated rings. The van der Waals surface area contributed by atoms with Crippen molar-refractivity contribution < 1.29 is 14.3 Å². The molecule has 8 heteroatoms. The molecular weight excluding hydrogens is 407 g/mol. The molecule has 0 radical (unpaired) electrons. The lowest BCUT2D eigenvalue weighted by Gasteiger charge is -2.10. The quantitative estimate of drug-likeness (QED) is 0.747. The van der Waals surface area contributed by atoms with Gasteiger partial charge >= 0.3 is 0 Å². The molecule has 2 aromatic rings. The number of amides is 2. The first kappa shape index (κ1) is 17.6. The third-order valence-corrected chi connectivity index (χ3v) is 3.77. The van der Waals surface area contributed by atoms with Gasteiger partial charge in [-0.25, -0.2) is 0 Å². The fourth-order valence-corrected chi connectivity index (χ4v) is 2.22. The molecule has 0 aromatic heterocycles. The SMILES string of the molecule is O=C(COc1ccc(Br)cc1)NNC(=O)c1cc(Cl)ccc1Cl. The van der Waals surface area contributed by atoms with E-state index in [1.54, 1.807) is 30.3 Å². The Kier molecular flexibility index (Phi) is 6.27. The molecule has 2 rings (SSSR count). The number of rotatable bonds is 4. The van der Waals surface area contributed by atoms with Crippen molar-refractivity contribution in [2.24, 2.45) is 0 Å². The molecule has 0 aliphatic rings. The van der Waals surface area contributed by atoms with Gasteiger partial charge in [-0.2, -0.15) is 0 Å². The van der Waals surface area contributed by atoms with Gasteiger partial charge in [0.25, 0.3) is 11.8 Å². The van der Waals surface area contributed by atoms with Crippen LogP contribution in [0.3, 0.4) is 0 Å². The standard InChI is InChI=1S/C15H11BrCl2N2O3/c16-9-1-4-11(5-2-9)23-8-14(21)19-20-15(22)12-7-10(17)3-6-13(12)18/h1-7H,8H2,(H,19,21)(H,20,22). The highest BCUT2D eigenvalue weighted by Crippen LogP contribution is 2.20. The summed E-state index contributed by atoms with van der Waals surface area (Å²) >= 11 is 15.0. The predicted octanol–water partition coefficient (Wildman–Crippen LogP) is 3.60. The topological polar surface area (TPSA) is 67.4 Å². The van der Waals surface area contributed by atoms with Crippen LogP contribution < -0.4 is 15.6 Å². The van der Waals surface area contributed by atoms with Crippen molar-refractivity contribution in [2.75, 3.05) is 6.61 Å². The van der Waals surface area contributed by atoms with E-state index in [2.05, 4.69) is 26.8 Å². The van der Waals surface area contributed by atoms with E-state index in [0.29, 0.717) is 10.8 Å². The molecule has 2 aromatic carbocycles. The molecule has 120 valence electrons. The monoisotopic (exact) mass is 416 g/mol. The zero-order valence-corrected chi connectivity index (χ0v) is 14.7. The van der Waals surface area contributed by atoms with Gasteiger partial charge in [0.15, 0.2) is 6.61 Å². The third kappa shape index (κ3) is 5.42. The Balaban J connectivity index is 1.83. The summed E-state index contributed by atoms with van der Waals surface area (Å²) in [6.07, 6.45) is 0. The second-order valence-corrected chi connectivity index (χ2v) is 6.13. The van der Waals surface area contributed by atoms with Crippen LogP contribution in [-0.4, -0.2) is 18.4 Å². The first-order chi connectivity index (χ1) is 11.0. The molecule has 2 N–H and O–H groups in total. The molecule has 0 unspecified atom stereocenters. The normalized spacial score (nSPS) is 10.0. The minimum atomic E-state index is -0.575. The van der Waals surface area contributed by atoms with Gasteiger partial charge in [-0.05, 0) is 42.5 Å². The van der Waals surface area contributed by atoms with Crippen LogP contribution in [0, 0.1) is 0 Å². The molecule has 0 heterocycles. The Morgan fingerprint density at radius 3 is 2.43 bits per heavy atom. The van der Waals surface area contributed by atoms with Crippen LogP contribution in [0.2, 0.25) is 10.0 Å². The van der Waals surface area contributed by atoms with Crippen LogP contribution in [0.1, 0.15) is 10.4 Å². The van der Waals surface area contributed by atoms with Crippen LogP contribution in [-0.2, 0) is 4.79 Å². The molecule has 0 saturated heterocycles. The number of carbonyl (C=O) groups excluding carboxylic acids is 2.